The predicted octanol–water partition coefficient (Wildman–Crippen LogP) is 3.33. The molecule has 3 rings (SSSR count). The van der Waals surface area contributed by atoms with E-state index in [-0.39, 0.29) is 5.50 Å². The number of aromatic nitrogens is 1. The van der Waals surface area contributed by atoms with Gasteiger partial charge in [0, 0.05) is 31.6 Å². The highest BCUT2D eigenvalue weighted by molar-refractivity contribution is 6.20. The summed E-state index contributed by atoms with van der Waals surface area (Å²) >= 11 is 6.31. The summed E-state index contributed by atoms with van der Waals surface area (Å²) in [5.41, 5.74) is 1.23. The van der Waals surface area contributed by atoms with Gasteiger partial charge in [-0.25, -0.2) is 4.98 Å². The van der Waals surface area contributed by atoms with Crippen molar-refractivity contribution in [1.82, 2.24) is 9.88 Å². The number of rotatable bonds is 3. The lowest BCUT2D eigenvalue weighted by Gasteiger charge is -2.37. The van der Waals surface area contributed by atoms with E-state index in [0.29, 0.717) is 0 Å². The van der Waals surface area contributed by atoms with Crippen molar-refractivity contribution in [2.75, 3.05) is 31.1 Å². The van der Waals surface area contributed by atoms with Gasteiger partial charge >= 0.3 is 0 Å². The van der Waals surface area contributed by atoms with Crippen molar-refractivity contribution < 1.29 is 0 Å². The molecule has 1 atom stereocenters. The maximum atomic E-state index is 6.31. The quantitative estimate of drug-likeness (QED) is 0.638. The van der Waals surface area contributed by atoms with Crippen LogP contribution in [0.15, 0.2) is 36.4 Å². The van der Waals surface area contributed by atoms with E-state index in [0.717, 1.165) is 43.9 Å². The monoisotopic (exact) mass is 289 g/mol. The van der Waals surface area contributed by atoms with Crippen LogP contribution in [0.4, 0.5) is 5.82 Å². The molecular formula is C16H20ClN3. The zero-order valence-corrected chi connectivity index (χ0v) is 12.6. The maximum Gasteiger partial charge on any atom is 0.129 e. The molecule has 106 valence electrons. The Bertz CT molecular complexity index is 579. The number of fused-ring (bicyclic) bond motifs is 1. The molecule has 1 fully saturated rings. The van der Waals surface area contributed by atoms with Crippen LogP contribution in [0.3, 0.4) is 0 Å². The molecule has 1 aliphatic rings. The van der Waals surface area contributed by atoms with Crippen molar-refractivity contribution in [3.8, 4) is 0 Å². The zero-order valence-electron chi connectivity index (χ0n) is 11.8. The molecule has 1 aromatic heterocycles. The first-order valence-corrected chi connectivity index (χ1v) is 7.70. The molecule has 1 unspecified atom stereocenters. The Balaban J connectivity index is 1.73. The molecule has 1 saturated heterocycles. The molecule has 0 spiro atoms. The van der Waals surface area contributed by atoms with Crippen molar-refractivity contribution in [3.63, 3.8) is 0 Å². The number of para-hydroxylation sites is 1. The van der Waals surface area contributed by atoms with Crippen LogP contribution < -0.4 is 4.90 Å². The number of pyridine rings is 1. The lowest BCUT2D eigenvalue weighted by Crippen LogP contribution is -2.49. The number of hydrogen-bond acceptors (Lipinski definition) is 3. The topological polar surface area (TPSA) is 19.4 Å². The first-order chi connectivity index (χ1) is 9.78. The average Bonchev–Trinajstić information content (AvgIpc) is 2.54. The average molecular weight is 290 g/mol. The van der Waals surface area contributed by atoms with Gasteiger partial charge in [0.25, 0.3) is 0 Å². The fourth-order valence-corrected chi connectivity index (χ4v) is 2.92. The summed E-state index contributed by atoms with van der Waals surface area (Å²) in [5.74, 6) is 1.07. The van der Waals surface area contributed by atoms with E-state index < -0.39 is 0 Å². The van der Waals surface area contributed by atoms with Crippen LogP contribution in [0.25, 0.3) is 10.9 Å². The van der Waals surface area contributed by atoms with Crippen LogP contribution >= 0.6 is 11.6 Å². The van der Waals surface area contributed by atoms with Gasteiger partial charge in [0.15, 0.2) is 0 Å². The number of piperazine rings is 1. The fourth-order valence-electron chi connectivity index (χ4n) is 2.72. The number of benzene rings is 1. The summed E-state index contributed by atoms with van der Waals surface area (Å²) in [5, 5.41) is 1.20. The molecule has 3 nitrogen and oxygen atoms in total. The van der Waals surface area contributed by atoms with Gasteiger partial charge in [-0.2, -0.15) is 0 Å². The smallest absolute Gasteiger partial charge is 0.129 e. The number of nitrogens with zero attached hydrogens (tertiary/aromatic N) is 3. The molecule has 0 N–H and O–H groups in total. The molecule has 0 amide bonds. The highest BCUT2D eigenvalue weighted by atomic mass is 35.5. The molecule has 2 aromatic rings. The summed E-state index contributed by atoms with van der Waals surface area (Å²) in [6, 6.07) is 12.5. The van der Waals surface area contributed by atoms with E-state index in [1.807, 2.05) is 12.1 Å². The Labute approximate surface area is 125 Å². The Morgan fingerprint density at radius 2 is 1.85 bits per heavy atom. The largest absolute Gasteiger partial charge is 0.354 e. The van der Waals surface area contributed by atoms with Crippen molar-refractivity contribution >= 4 is 28.3 Å². The lowest BCUT2D eigenvalue weighted by atomic mass is 10.2. The zero-order chi connectivity index (χ0) is 13.9. The molecular weight excluding hydrogens is 270 g/mol. The molecule has 2 heterocycles. The van der Waals surface area contributed by atoms with Crippen molar-refractivity contribution in [3.05, 3.63) is 36.4 Å². The van der Waals surface area contributed by atoms with Gasteiger partial charge in [0.1, 0.15) is 5.82 Å². The maximum absolute atomic E-state index is 6.31. The van der Waals surface area contributed by atoms with Crippen LogP contribution in [0.5, 0.6) is 0 Å². The minimum absolute atomic E-state index is 0.168. The second kappa shape index (κ2) is 5.98. The highest BCUT2D eigenvalue weighted by Crippen LogP contribution is 2.20. The van der Waals surface area contributed by atoms with E-state index in [9.17, 15) is 0 Å². The summed E-state index contributed by atoms with van der Waals surface area (Å²) in [6.45, 7) is 6.14. The van der Waals surface area contributed by atoms with E-state index in [1.165, 1.54) is 5.39 Å². The Morgan fingerprint density at radius 3 is 2.60 bits per heavy atom. The number of alkyl halides is 1. The predicted molar refractivity (Wildman–Crippen MR) is 85.5 cm³/mol. The standard InChI is InChI=1S/C16H20ClN3/c1-2-15(17)19-9-11-20(12-10-19)16-8-7-13-5-3-4-6-14(13)18-16/h3-8,15H,2,9-12H2,1H3. The third kappa shape index (κ3) is 2.74. The van der Waals surface area contributed by atoms with Crippen molar-refractivity contribution in [2.24, 2.45) is 0 Å². The first kappa shape index (κ1) is 13.7. The molecule has 0 aliphatic carbocycles. The van der Waals surface area contributed by atoms with Gasteiger partial charge in [0.05, 0.1) is 11.0 Å². The van der Waals surface area contributed by atoms with Gasteiger partial charge in [-0.1, -0.05) is 25.1 Å². The van der Waals surface area contributed by atoms with Crippen LogP contribution in [0.2, 0.25) is 0 Å². The minimum Gasteiger partial charge on any atom is -0.354 e. The number of hydrogen-bond donors (Lipinski definition) is 0. The molecule has 4 heteroatoms. The van der Waals surface area contributed by atoms with Crippen molar-refractivity contribution in [1.29, 1.82) is 0 Å². The second-order valence-corrected chi connectivity index (χ2v) is 5.73. The van der Waals surface area contributed by atoms with Gasteiger partial charge in [0.2, 0.25) is 0 Å². The highest BCUT2D eigenvalue weighted by Gasteiger charge is 2.21. The van der Waals surface area contributed by atoms with Crippen LogP contribution in [-0.2, 0) is 0 Å². The number of anilines is 1. The molecule has 20 heavy (non-hydrogen) atoms. The normalized spacial score (nSPS) is 18.4. The van der Waals surface area contributed by atoms with E-state index in [1.54, 1.807) is 0 Å². The summed E-state index contributed by atoms with van der Waals surface area (Å²) < 4.78 is 0. The third-order valence-electron chi connectivity index (χ3n) is 3.96. The third-order valence-corrected chi connectivity index (χ3v) is 4.54. The fraction of sp³-hybridized carbons (Fsp3) is 0.438. The van der Waals surface area contributed by atoms with Crippen LogP contribution in [0, 0.1) is 0 Å². The van der Waals surface area contributed by atoms with Gasteiger partial charge in [-0.3, -0.25) is 4.90 Å². The molecule has 1 aromatic carbocycles. The summed E-state index contributed by atoms with van der Waals surface area (Å²) in [7, 11) is 0. The minimum atomic E-state index is 0.168. The second-order valence-electron chi connectivity index (χ2n) is 5.23. The van der Waals surface area contributed by atoms with Gasteiger partial charge in [-0.15, -0.1) is 11.6 Å². The Hall–Kier alpha value is -1.32. The Morgan fingerprint density at radius 1 is 1.10 bits per heavy atom. The Kier molecular flexibility index (Phi) is 4.08. The molecule has 0 bridgehead atoms. The summed E-state index contributed by atoms with van der Waals surface area (Å²) in [4.78, 5) is 9.46. The van der Waals surface area contributed by atoms with E-state index >= 15 is 0 Å². The van der Waals surface area contributed by atoms with E-state index in [4.69, 9.17) is 16.6 Å². The molecule has 1 aliphatic heterocycles. The first-order valence-electron chi connectivity index (χ1n) is 7.27. The van der Waals surface area contributed by atoms with Gasteiger partial charge < -0.3 is 4.90 Å². The summed E-state index contributed by atoms with van der Waals surface area (Å²) in [6.07, 6.45) is 0.996. The lowest BCUT2D eigenvalue weighted by molar-refractivity contribution is 0.232. The van der Waals surface area contributed by atoms with Gasteiger partial charge in [-0.05, 0) is 24.6 Å². The molecule has 0 radical (unpaired) electrons. The van der Waals surface area contributed by atoms with Crippen molar-refractivity contribution in [2.45, 2.75) is 18.8 Å². The molecule has 0 saturated carbocycles. The van der Waals surface area contributed by atoms with Crippen LogP contribution in [-0.4, -0.2) is 41.6 Å². The number of halogens is 1. The SMILES string of the molecule is CCC(Cl)N1CCN(c2ccc3ccccc3n2)CC1. The van der Waals surface area contributed by atoms with Crippen LogP contribution in [0.1, 0.15) is 13.3 Å². The van der Waals surface area contributed by atoms with E-state index in [2.05, 4.69) is 41.0 Å².